The van der Waals surface area contributed by atoms with Crippen LogP contribution in [0.3, 0.4) is 0 Å². The monoisotopic (exact) mass is 221 g/mol. The number of nitrogens with one attached hydrogen (secondary N) is 1. The predicted octanol–water partition coefficient (Wildman–Crippen LogP) is 2.72. The van der Waals surface area contributed by atoms with Crippen LogP contribution >= 0.6 is 0 Å². The number of benzene rings is 1. The Hall–Kier alpha value is -0.860. The average Bonchev–Trinajstić information content (AvgIpc) is 2.15. The lowest BCUT2D eigenvalue weighted by atomic mass is 9.97. The highest BCUT2D eigenvalue weighted by molar-refractivity contribution is 5.32. The van der Waals surface area contributed by atoms with Gasteiger partial charge in [0.2, 0.25) is 0 Å². The Morgan fingerprint density at radius 3 is 2.25 bits per heavy atom. The van der Waals surface area contributed by atoms with Gasteiger partial charge in [0.05, 0.1) is 6.10 Å². The van der Waals surface area contributed by atoms with Gasteiger partial charge in [0.1, 0.15) is 0 Å². The second-order valence-electron chi connectivity index (χ2n) is 4.91. The summed E-state index contributed by atoms with van der Waals surface area (Å²) in [6, 6.07) is 6.64. The van der Waals surface area contributed by atoms with Gasteiger partial charge in [0.25, 0.3) is 0 Å². The molecule has 2 unspecified atom stereocenters. The number of hydrogen-bond donors (Lipinski definition) is 2. The van der Waals surface area contributed by atoms with E-state index in [0.717, 1.165) is 11.1 Å². The van der Waals surface area contributed by atoms with Gasteiger partial charge in [0, 0.05) is 12.1 Å². The van der Waals surface area contributed by atoms with Gasteiger partial charge in [-0.05, 0) is 31.9 Å². The van der Waals surface area contributed by atoms with Crippen molar-refractivity contribution in [3.8, 4) is 0 Å². The second-order valence-corrected chi connectivity index (χ2v) is 4.91. The van der Waals surface area contributed by atoms with Crippen molar-refractivity contribution in [1.29, 1.82) is 0 Å². The van der Waals surface area contributed by atoms with Gasteiger partial charge in [0.15, 0.2) is 0 Å². The molecule has 0 aliphatic carbocycles. The van der Waals surface area contributed by atoms with E-state index in [4.69, 9.17) is 0 Å². The van der Waals surface area contributed by atoms with Gasteiger partial charge in [-0.3, -0.25) is 0 Å². The van der Waals surface area contributed by atoms with Crippen molar-refractivity contribution in [2.24, 2.45) is 0 Å². The molecule has 2 atom stereocenters. The molecule has 1 aromatic rings. The Morgan fingerprint density at radius 2 is 1.75 bits per heavy atom. The van der Waals surface area contributed by atoms with Crippen molar-refractivity contribution in [2.75, 3.05) is 0 Å². The molecule has 2 nitrogen and oxygen atoms in total. The van der Waals surface area contributed by atoms with Crippen LogP contribution in [-0.2, 0) is 0 Å². The summed E-state index contributed by atoms with van der Waals surface area (Å²) in [7, 11) is 0. The third-order valence-corrected chi connectivity index (χ3v) is 2.81. The fourth-order valence-corrected chi connectivity index (χ4v) is 2.04. The van der Waals surface area contributed by atoms with E-state index in [1.54, 1.807) is 0 Å². The smallest absolute Gasteiger partial charge is 0.0942 e. The quantitative estimate of drug-likeness (QED) is 0.819. The van der Waals surface area contributed by atoms with E-state index in [1.165, 1.54) is 5.56 Å². The summed E-state index contributed by atoms with van der Waals surface area (Å²) in [5.74, 6) is 0. The zero-order valence-electron chi connectivity index (χ0n) is 10.9. The highest BCUT2D eigenvalue weighted by atomic mass is 16.3. The molecule has 0 bridgehead atoms. The molecule has 0 aliphatic rings. The molecule has 0 saturated carbocycles. The first kappa shape index (κ1) is 13.2. The fourth-order valence-electron chi connectivity index (χ4n) is 2.04. The minimum Gasteiger partial charge on any atom is -0.387 e. The van der Waals surface area contributed by atoms with Crippen molar-refractivity contribution < 1.29 is 5.11 Å². The first-order valence-corrected chi connectivity index (χ1v) is 5.93. The van der Waals surface area contributed by atoms with Crippen molar-refractivity contribution in [3.05, 3.63) is 34.9 Å². The second kappa shape index (κ2) is 5.46. The van der Waals surface area contributed by atoms with Gasteiger partial charge in [-0.25, -0.2) is 0 Å². The maximum absolute atomic E-state index is 10.2. The molecular formula is C14H23NO. The summed E-state index contributed by atoms with van der Waals surface area (Å²) < 4.78 is 0. The lowest BCUT2D eigenvalue weighted by Crippen LogP contribution is -2.37. The van der Waals surface area contributed by atoms with E-state index in [9.17, 15) is 5.11 Å². The van der Waals surface area contributed by atoms with E-state index in [2.05, 4.69) is 32.2 Å². The van der Waals surface area contributed by atoms with E-state index >= 15 is 0 Å². The van der Waals surface area contributed by atoms with Gasteiger partial charge in [-0.15, -0.1) is 0 Å². The first-order valence-electron chi connectivity index (χ1n) is 5.93. The highest BCUT2D eigenvalue weighted by Gasteiger charge is 2.18. The zero-order chi connectivity index (χ0) is 12.3. The van der Waals surface area contributed by atoms with E-state index in [0.29, 0.717) is 6.04 Å². The Balaban J connectivity index is 2.83. The van der Waals surface area contributed by atoms with Crippen molar-refractivity contribution in [1.82, 2.24) is 5.32 Å². The van der Waals surface area contributed by atoms with Crippen LogP contribution in [0.5, 0.6) is 0 Å². The Bertz CT molecular complexity index is 347. The van der Waals surface area contributed by atoms with Crippen LogP contribution in [0.1, 0.15) is 43.6 Å². The van der Waals surface area contributed by atoms with E-state index in [-0.39, 0.29) is 6.04 Å². The maximum Gasteiger partial charge on any atom is 0.0942 e. The van der Waals surface area contributed by atoms with Crippen LogP contribution in [0.4, 0.5) is 0 Å². The number of hydrogen-bond acceptors (Lipinski definition) is 2. The number of rotatable bonds is 4. The molecule has 0 spiro atoms. The predicted molar refractivity (Wildman–Crippen MR) is 68.6 cm³/mol. The summed E-state index contributed by atoms with van der Waals surface area (Å²) in [5.41, 5.74) is 3.41. The molecule has 0 radical (unpaired) electrons. The molecule has 1 rings (SSSR count). The summed E-state index contributed by atoms with van der Waals surface area (Å²) >= 11 is 0. The minimum absolute atomic E-state index is 0.0707. The molecule has 1 aromatic carbocycles. The van der Waals surface area contributed by atoms with Gasteiger partial charge < -0.3 is 10.4 Å². The van der Waals surface area contributed by atoms with Crippen LogP contribution in [0.2, 0.25) is 0 Å². The van der Waals surface area contributed by atoms with Crippen LogP contribution in [0, 0.1) is 13.8 Å². The van der Waals surface area contributed by atoms with Gasteiger partial charge >= 0.3 is 0 Å². The minimum atomic E-state index is -0.442. The Labute approximate surface area is 98.7 Å². The van der Waals surface area contributed by atoms with Crippen LogP contribution in [0.15, 0.2) is 18.2 Å². The fraction of sp³-hybridized carbons (Fsp3) is 0.571. The first-order chi connectivity index (χ1) is 7.41. The van der Waals surface area contributed by atoms with E-state index < -0.39 is 6.10 Å². The zero-order valence-corrected chi connectivity index (χ0v) is 10.9. The molecule has 90 valence electrons. The molecule has 0 aliphatic heterocycles. The number of aliphatic hydroxyl groups is 1. The summed E-state index contributed by atoms with van der Waals surface area (Å²) in [5, 5.41) is 13.6. The van der Waals surface area contributed by atoms with Crippen molar-refractivity contribution >= 4 is 0 Å². The molecule has 0 amide bonds. The normalized spacial score (nSPS) is 15.2. The van der Waals surface area contributed by atoms with Gasteiger partial charge in [-0.2, -0.15) is 0 Å². The number of aryl methyl sites for hydroxylation is 2. The van der Waals surface area contributed by atoms with Crippen LogP contribution in [-0.4, -0.2) is 17.2 Å². The van der Waals surface area contributed by atoms with Crippen LogP contribution < -0.4 is 5.32 Å². The topological polar surface area (TPSA) is 32.3 Å². The Kier molecular flexibility index (Phi) is 4.51. The van der Waals surface area contributed by atoms with Crippen molar-refractivity contribution in [2.45, 2.75) is 52.8 Å². The SMILES string of the molecule is Cc1ccc(C(O)C(C)NC(C)C)c(C)c1. The largest absolute Gasteiger partial charge is 0.387 e. The molecule has 0 saturated heterocycles. The third-order valence-electron chi connectivity index (χ3n) is 2.81. The van der Waals surface area contributed by atoms with E-state index in [1.807, 2.05) is 26.0 Å². The molecule has 0 heterocycles. The maximum atomic E-state index is 10.2. The van der Waals surface area contributed by atoms with Crippen LogP contribution in [0.25, 0.3) is 0 Å². The molecular weight excluding hydrogens is 198 g/mol. The number of aliphatic hydroxyl groups excluding tert-OH is 1. The Morgan fingerprint density at radius 1 is 1.12 bits per heavy atom. The lowest BCUT2D eigenvalue weighted by Gasteiger charge is -2.24. The summed E-state index contributed by atoms with van der Waals surface area (Å²) in [6.07, 6.45) is -0.442. The average molecular weight is 221 g/mol. The molecule has 16 heavy (non-hydrogen) atoms. The van der Waals surface area contributed by atoms with Gasteiger partial charge in [-0.1, -0.05) is 37.6 Å². The highest BCUT2D eigenvalue weighted by Crippen LogP contribution is 2.21. The molecule has 2 heteroatoms. The summed E-state index contributed by atoms with van der Waals surface area (Å²) in [4.78, 5) is 0. The molecule has 2 N–H and O–H groups in total. The third kappa shape index (κ3) is 3.32. The molecule has 0 fully saturated rings. The summed E-state index contributed by atoms with van der Waals surface area (Å²) in [6.45, 7) is 10.3. The standard InChI is InChI=1S/C14H23NO/c1-9(2)15-12(5)14(16)13-7-6-10(3)8-11(13)4/h6-9,12,14-16H,1-5H3. The lowest BCUT2D eigenvalue weighted by molar-refractivity contribution is 0.131. The van der Waals surface area contributed by atoms with Crippen molar-refractivity contribution in [3.63, 3.8) is 0 Å². The molecule has 0 aromatic heterocycles.